The zero-order valence-electron chi connectivity index (χ0n) is 14.8. The zero-order chi connectivity index (χ0) is 16.9. The summed E-state index contributed by atoms with van der Waals surface area (Å²) < 4.78 is 0. The fourth-order valence-corrected chi connectivity index (χ4v) is 3.77. The molecule has 1 aliphatic rings. The van der Waals surface area contributed by atoms with Gasteiger partial charge in [-0.1, -0.05) is 49.4 Å². The highest BCUT2D eigenvalue weighted by Crippen LogP contribution is 2.25. The van der Waals surface area contributed by atoms with Gasteiger partial charge in [0.15, 0.2) is 0 Å². The van der Waals surface area contributed by atoms with E-state index in [1.165, 1.54) is 22.8 Å². The summed E-state index contributed by atoms with van der Waals surface area (Å²) in [6.07, 6.45) is 3.15. The third-order valence-corrected chi connectivity index (χ3v) is 5.15. The van der Waals surface area contributed by atoms with Gasteiger partial charge in [-0.2, -0.15) is 0 Å². The number of fused-ring (bicyclic) bond motifs is 1. The average Bonchev–Trinajstić information content (AvgIpc) is 2.62. The van der Waals surface area contributed by atoms with Crippen molar-refractivity contribution in [2.45, 2.75) is 39.2 Å². The second kappa shape index (κ2) is 7.80. The van der Waals surface area contributed by atoms with Crippen LogP contribution in [0, 0.1) is 5.92 Å². The lowest BCUT2D eigenvalue weighted by molar-refractivity contribution is -0.127. The van der Waals surface area contributed by atoms with E-state index >= 15 is 0 Å². The van der Waals surface area contributed by atoms with E-state index < -0.39 is 0 Å². The Morgan fingerprint density at radius 1 is 1.17 bits per heavy atom. The number of piperidine rings is 1. The molecule has 1 heterocycles. The van der Waals surface area contributed by atoms with Crippen molar-refractivity contribution in [3.63, 3.8) is 0 Å². The van der Waals surface area contributed by atoms with Gasteiger partial charge in [-0.05, 0) is 62.2 Å². The number of carbonyl (C=O) groups is 1. The summed E-state index contributed by atoms with van der Waals surface area (Å²) in [5.74, 6) is 0.377. The molecule has 24 heavy (non-hydrogen) atoms. The highest BCUT2D eigenvalue weighted by atomic mass is 16.1. The first-order chi connectivity index (χ1) is 11.7. The van der Waals surface area contributed by atoms with Crippen molar-refractivity contribution < 1.29 is 4.79 Å². The van der Waals surface area contributed by atoms with Crippen LogP contribution < -0.4 is 5.32 Å². The van der Waals surface area contributed by atoms with Gasteiger partial charge in [0.1, 0.15) is 0 Å². The van der Waals surface area contributed by atoms with Crippen molar-refractivity contribution in [2.75, 3.05) is 19.6 Å². The Bertz CT molecular complexity index is 684. The van der Waals surface area contributed by atoms with E-state index in [0.29, 0.717) is 0 Å². The molecule has 0 aliphatic carbocycles. The second-order valence-corrected chi connectivity index (χ2v) is 6.91. The highest BCUT2D eigenvalue weighted by molar-refractivity contribution is 5.87. The first-order valence-electron chi connectivity index (χ1n) is 9.19. The highest BCUT2D eigenvalue weighted by Gasteiger charge is 2.25. The Balaban J connectivity index is 1.64. The number of hydrogen-bond acceptors (Lipinski definition) is 2. The average molecular weight is 324 g/mol. The summed E-state index contributed by atoms with van der Waals surface area (Å²) >= 11 is 0. The van der Waals surface area contributed by atoms with Gasteiger partial charge < -0.3 is 10.2 Å². The molecule has 1 amide bonds. The lowest BCUT2D eigenvalue weighted by atomic mass is 9.94. The van der Waals surface area contributed by atoms with Crippen molar-refractivity contribution in [2.24, 2.45) is 5.92 Å². The summed E-state index contributed by atoms with van der Waals surface area (Å²) in [6, 6.07) is 14.7. The first kappa shape index (κ1) is 17.0. The minimum absolute atomic E-state index is 0.0391. The van der Waals surface area contributed by atoms with Gasteiger partial charge >= 0.3 is 0 Å². The third kappa shape index (κ3) is 3.78. The standard InChI is InChI=1S/C21H28N2O/c1-3-13-23-14-11-18(12-15-23)21(24)22-16(2)19-10-6-8-17-7-4-5-9-20(17)19/h4-10,16,18H,3,11-15H2,1-2H3,(H,22,24). The van der Waals surface area contributed by atoms with E-state index in [1.807, 2.05) is 0 Å². The second-order valence-electron chi connectivity index (χ2n) is 6.91. The molecule has 2 aromatic rings. The molecule has 128 valence electrons. The van der Waals surface area contributed by atoms with Crippen molar-refractivity contribution in [3.8, 4) is 0 Å². The van der Waals surface area contributed by atoms with Crippen LogP contribution in [0.3, 0.4) is 0 Å². The Morgan fingerprint density at radius 3 is 2.62 bits per heavy atom. The van der Waals surface area contributed by atoms with Gasteiger partial charge in [-0.25, -0.2) is 0 Å². The maximum atomic E-state index is 12.7. The molecule has 3 nitrogen and oxygen atoms in total. The van der Waals surface area contributed by atoms with Crippen molar-refractivity contribution in [1.82, 2.24) is 10.2 Å². The fraction of sp³-hybridized carbons (Fsp3) is 0.476. The van der Waals surface area contributed by atoms with Gasteiger partial charge in [-0.3, -0.25) is 4.79 Å². The van der Waals surface area contributed by atoms with Gasteiger partial charge in [0.05, 0.1) is 6.04 Å². The van der Waals surface area contributed by atoms with Gasteiger partial charge in [-0.15, -0.1) is 0 Å². The predicted octanol–water partition coefficient (Wildman–Crippen LogP) is 4.14. The SMILES string of the molecule is CCCN1CCC(C(=O)NC(C)c2cccc3ccccc23)CC1. The summed E-state index contributed by atoms with van der Waals surface area (Å²) in [7, 11) is 0. The third-order valence-electron chi connectivity index (χ3n) is 5.15. The molecular formula is C21H28N2O. The fourth-order valence-electron chi connectivity index (χ4n) is 3.77. The molecule has 1 aliphatic heterocycles. The Labute approximate surface area is 145 Å². The number of carbonyl (C=O) groups excluding carboxylic acids is 1. The lowest BCUT2D eigenvalue weighted by Gasteiger charge is -2.31. The minimum atomic E-state index is 0.0391. The molecule has 0 saturated carbocycles. The summed E-state index contributed by atoms with van der Waals surface area (Å²) in [6.45, 7) is 7.56. The normalized spacial score (nSPS) is 17.8. The molecule has 0 spiro atoms. The topological polar surface area (TPSA) is 32.3 Å². The number of rotatable bonds is 5. The molecule has 3 rings (SSSR count). The minimum Gasteiger partial charge on any atom is -0.349 e. The van der Waals surface area contributed by atoms with Crippen LogP contribution in [-0.2, 0) is 4.79 Å². The van der Waals surface area contributed by atoms with Crippen LogP contribution in [0.5, 0.6) is 0 Å². The molecule has 2 aromatic carbocycles. The number of nitrogens with one attached hydrogen (secondary N) is 1. The zero-order valence-corrected chi connectivity index (χ0v) is 14.8. The van der Waals surface area contributed by atoms with E-state index in [2.05, 4.69) is 66.5 Å². The van der Waals surface area contributed by atoms with Crippen molar-refractivity contribution >= 4 is 16.7 Å². The number of likely N-dealkylation sites (tertiary alicyclic amines) is 1. The number of nitrogens with zero attached hydrogens (tertiary/aromatic N) is 1. The van der Waals surface area contributed by atoms with Gasteiger partial charge in [0.2, 0.25) is 5.91 Å². The van der Waals surface area contributed by atoms with Crippen LogP contribution in [0.25, 0.3) is 10.8 Å². The molecule has 1 N–H and O–H groups in total. The van der Waals surface area contributed by atoms with Crippen LogP contribution in [-0.4, -0.2) is 30.4 Å². The molecule has 1 saturated heterocycles. The molecule has 1 atom stereocenters. The lowest BCUT2D eigenvalue weighted by Crippen LogP contribution is -2.41. The summed E-state index contributed by atoms with van der Waals surface area (Å²) in [5, 5.41) is 5.70. The number of amides is 1. The first-order valence-corrected chi connectivity index (χ1v) is 9.19. The molecule has 0 bridgehead atoms. The van der Waals surface area contributed by atoms with Crippen LogP contribution >= 0.6 is 0 Å². The van der Waals surface area contributed by atoms with Crippen molar-refractivity contribution in [1.29, 1.82) is 0 Å². The van der Waals surface area contributed by atoms with Gasteiger partial charge in [0, 0.05) is 5.92 Å². The van der Waals surface area contributed by atoms with E-state index in [1.54, 1.807) is 0 Å². The summed E-state index contributed by atoms with van der Waals surface area (Å²) in [4.78, 5) is 15.1. The van der Waals surface area contributed by atoms with E-state index in [-0.39, 0.29) is 17.9 Å². The van der Waals surface area contributed by atoms with Crippen molar-refractivity contribution in [3.05, 3.63) is 48.0 Å². The summed E-state index contributed by atoms with van der Waals surface area (Å²) in [5.41, 5.74) is 1.20. The molecule has 0 aromatic heterocycles. The Morgan fingerprint density at radius 2 is 1.88 bits per heavy atom. The Hall–Kier alpha value is -1.87. The maximum absolute atomic E-state index is 12.7. The predicted molar refractivity (Wildman–Crippen MR) is 100.0 cm³/mol. The molecule has 3 heteroatoms. The largest absolute Gasteiger partial charge is 0.349 e. The quantitative estimate of drug-likeness (QED) is 0.896. The van der Waals surface area contributed by atoms with Crippen LogP contribution in [0.15, 0.2) is 42.5 Å². The van der Waals surface area contributed by atoms with Crippen LogP contribution in [0.1, 0.15) is 44.7 Å². The van der Waals surface area contributed by atoms with E-state index in [4.69, 9.17) is 0 Å². The smallest absolute Gasteiger partial charge is 0.223 e. The molecule has 0 radical (unpaired) electrons. The van der Waals surface area contributed by atoms with Gasteiger partial charge in [0.25, 0.3) is 0 Å². The molecule has 1 fully saturated rings. The van der Waals surface area contributed by atoms with Crippen LogP contribution in [0.2, 0.25) is 0 Å². The van der Waals surface area contributed by atoms with E-state index in [0.717, 1.165) is 32.5 Å². The molecule has 1 unspecified atom stereocenters. The Kier molecular flexibility index (Phi) is 5.52. The number of hydrogen-bond donors (Lipinski definition) is 1. The maximum Gasteiger partial charge on any atom is 0.223 e. The monoisotopic (exact) mass is 324 g/mol. The van der Waals surface area contributed by atoms with E-state index in [9.17, 15) is 4.79 Å². The van der Waals surface area contributed by atoms with Crippen LogP contribution in [0.4, 0.5) is 0 Å². The molecular weight excluding hydrogens is 296 g/mol. The number of benzene rings is 2.